The van der Waals surface area contributed by atoms with E-state index in [1.165, 1.54) is 25.1 Å². The Morgan fingerprint density at radius 2 is 1.90 bits per heavy atom. The van der Waals surface area contributed by atoms with E-state index in [2.05, 4.69) is 5.32 Å². The highest BCUT2D eigenvalue weighted by Crippen LogP contribution is 2.34. The first-order chi connectivity index (χ1) is 9.82. The summed E-state index contributed by atoms with van der Waals surface area (Å²) in [5.74, 6) is 0. The van der Waals surface area contributed by atoms with Crippen LogP contribution in [0.1, 0.15) is 16.7 Å². The van der Waals surface area contributed by atoms with Crippen LogP contribution in [0.25, 0.3) is 0 Å². The molecule has 2 aromatic rings. The van der Waals surface area contributed by atoms with Crippen molar-refractivity contribution in [3.8, 4) is 6.07 Å². The number of rotatable bonds is 2. The SMILES string of the molecule is Cc1ccc(Nc2cccc(C#N)c2N)cc1C(F)(F)F. The summed E-state index contributed by atoms with van der Waals surface area (Å²) in [6.45, 7) is 1.40. The molecule has 2 aromatic carbocycles. The molecule has 0 saturated carbocycles. The fraction of sp³-hybridized carbons (Fsp3) is 0.133. The van der Waals surface area contributed by atoms with E-state index in [1.807, 2.05) is 6.07 Å². The van der Waals surface area contributed by atoms with Crippen LogP contribution in [-0.4, -0.2) is 0 Å². The van der Waals surface area contributed by atoms with Gasteiger partial charge in [-0.3, -0.25) is 0 Å². The van der Waals surface area contributed by atoms with Gasteiger partial charge in [0.2, 0.25) is 0 Å². The Morgan fingerprint density at radius 1 is 1.19 bits per heavy atom. The Hall–Kier alpha value is -2.68. The van der Waals surface area contributed by atoms with Gasteiger partial charge in [-0.05, 0) is 36.8 Å². The smallest absolute Gasteiger partial charge is 0.396 e. The minimum Gasteiger partial charge on any atom is -0.396 e. The lowest BCUT2D eigenvalue weighted by atomic mass is 10.1. The van der Waals surface area contributed by atoms with Crippen molar-refractivity contribution in [2.75, 3.05) is 11.1 Å². The number of nitrogens with two attached hydrogens (primary N) is 1. The number of nitriles is 1. The predicted octanol–water partition coefficient (Wildman–Crippen LogP) is 4.21. The highest BCUT2D eigenvalue weighted by Gasteiger charge is 2.32. The standard InChI is InChI=1S/C15H12F3N3/c1-9-5-6-11(7-12(9)15(16,17)18)21-13-4-2-3-10(8-19)14(13)20/h2-7,21H,20H2,1H3. The molecule has 0 aliphatic carbocycles. The average molecular weight is 291 g/mol. The molecule has 0 atom stereocenters. The van der Waals surface area contributed by atoms with Gasteiger partial charge >= 0.3 is 6.18 Å². The monoisotopic (exact) mass is 291 g/mol. The molecule has 0 aliphatic heterocycles. The lowest BCUT2D eigenvalue weighted by Crippen LogP contribution is -2.08. The van der Waals surface area contributed by atoms with Crippen molar-refractivity contribution < 1.29 is 13.2 Å². The van der Waals surface area contributed by atoms with Gasteiger partial charge < -0.3 is 11.1 Å². The van der Waals surface area contributed by atoms with E-state index in [1.54, 1.807) is 12.1 Å². The zero-order chi connectivity index (χ0) is 15.6. The maximum Gasteiger partial charge on any atom is 0.416 e. The summed E-state index contributed by atoms with van der Waals surface area (Å²) in [5, 5.41) is 11.7. The van der Waals surface area contributed by atoms with Crippen LogP contribution in [0.15, 0.2) is 36.4 Å². The van der Waals surface area contributed by atoms with E-state index in [0.717, 1.165) is 6.07 Å². The number of nitrogen functional groups attached to an aromatic ring is 1. The molecule has 3 N–H and O–H groups in total. The molecule has 0 aromatic heterocycles. The number of halogens is 3. The molecule has 3 nitrogen and oxygen atoms in total. The normalized spacial score (nSPS) is 11.0. The number of para-hydroxylation sites is 1. The van der Waals surface area contributed by atoms with E-state index in [0.29, 0.717) is 5.69 Å². The van der Waals surface area contributed by atoms with Crippen LogP contribution < -0.4 is 11.1 Å². The van der Waals surface area contributed by atoms with Gasteiger partial charge in [-0.2, -0.15) is 18.4 Å². The first kappa shape index (κ1) is 14.7. The molecular weight excluding hydrogens is 279 g/mol. The Balaban J connectivity index is 2.40. The van der Waals surface area contributed by atoms with Crippen molar-refractivity contribution in [2.24, 2.45) is 0 Å². The van der Waals surface area contributed by atoms with Gasteiger partial charge in [-0.25, -0.2) is 0 Å². The average Bonchev–Trinajstić information content (AvgIpc) is 2.42. The number of benzene rings is 2. The minimum atomic E-state index is -4.41. The van der Waals surface area contributed by atoms with Gasteiger partial charge in [0, 0.05) is 5.69 Å². The number of aryl methyl sites for hydroxylation is 1. The molecular formula is C15H12F3N3. The van der Waals surface area contributed by atoms with Gasteiger partial charge in [-0.15, -0.1) is 0 Å². The van der Waals surface area contributed by atoms with Crippen molar-refractivity contribution in [3.63, 3.8) is 0 Å². The van der Waals surface area contributed by atoms with E-state index in [-0.39, 0.29) is 22.5 Å². The van der Waals surface area contributed by atoms with Crippen LogP contribution in [-0.2, 0) is 6.18 Å². The van der Waals surface area contributed by atoms with E-state index in [4.69, 9.17) is 11.0 Å². The van der Waals surface area contributed by atoms with E-state index >= 15 is 0 Å². The van der Waals surface area contributed by atoms with Crippen LogP contribution in [0, 0.1) is 18.3 Å². The Morgan fingerprint density at radius 3 is 2.52 bits per heavy atom. The molecule has 0 spiro atoms. The fourth-order valence-electron chi connectivity index (χ4n) is 1.93. The summed E-state index contributed by atoms with van der Waals surface area (Å²) >= 11 is 0. The third-order valence-corrected chi connectivity index (χ3v) is 3.05. The molecule has 21 heavy (non-hydrogen) atoms. The first-order valence-electron chi connectivity index (χ1n) is 6.06. The summed E-state index contributed by atoms with van der Waals surface area (Å²) in [6.07, 6.45) is -4.41. The van der Waals surface area contributed by atoms with Crippen LogP contribution in [0.3, 0.4) is 0 Å². The summed E-state index contributed by atoms with van der Waals surface area (Å²) in [7, 11) is 0. The van der Waals surface area contributed by atoms with Gasteiger partial charge in [0.1, 0.15) is 6.07 Å². The Bertz CT molecular complexity index is 715. The van der Waals surface area contributed by atoms with Gasteiger partial charge in [0.05, 0.1) is 22.5 Å². The van der Waals surface area contributed by atoms with Crippen molar-refractivity contribution in [3.05, 3.63) is 53.1 Å². The number of hydrogen-bond acceptors (Lipinski definition) is 3. The zero-order valence-corrected chi connectivity index (χ0v) is 11.1. The molecule has 0 radical (unpaired) electrons. The number of hydrogen-bond donors (Lipinski definition) is 2. The van der Waals surface area contributed by atoms with Gasteiger partial charge in [0.15, 0.2) is 0 Å². The molecule has 0 heterocycles. The zero-order valence-electron chi connectivity index (χ0n) is 11.1. The molecule has 0 amide bonds. The first-order valence-corrected chi connectivity index (χ1v) is 6.06. The minimum absolute atomic E-state index is 0.145. The maximum absolute atomic E-state index is 12.9. The second-order valence-corrected chi connectivity index (χ2v) is 4.53. The molecule has 0 bridgehead atoms. The van der Waals surface area contributed by atoms with Crippen LogP contribution >= 0.6 is 0 Å². The molecule has 0 saturated heterocycles. The lowest BCUT2D eigenvalue weighted by molar-refractivity contribution is -0.138. The number of nitrogens with zero attached hydrogens (tertiary/aromatic N) is 1. The molecule has 0 unspecified atom stereocenters. The Kier molecular flexibility index (Phi) is 3.76. The predicted molar refractivity (Wildman–Crippen MR) is 75.0 cm³/mol. The second kappa shape index (κ2) is 5.37. The second-order valence-electron chi connectivity index (χ2n) is 4.53. The van der Waals surface area contributed by atoms with Gasteiger partial charge in [-0.1, -0.05) is 12.1 Å². The highest BCUT2D eigenvalue weighted by atomic mass is 19.4. The van der Waals surface area contributed by atoms with Crippen LogP contribution in [0.4, 0.5) is 30.2 Å². The third-order valence-electron chi connectivity index (χ3n) is 3.05. The summed E-state index contributed by atoms with van der Waals surface area (Å²) < 4.78 is 38.6. The maximum atomic E-state index is 12.9. The molecule has 6 heteroatoms. The largest absolute Gasteiger partial charge is 0.416 e. The third kappa shape index (κ3) is 3.08. The van der Waals surface area contributed by atoms with E-state index < -0.39 is 11.7 Å². The lowest BCUT2D eigenvalue weighted by Gasteiger charge is -2.14. The van der Waals surface area contributed by atoms with Crippen molar-refractivity contribution in [2.45, 2.75) is 13.1 Å². The molecule has 0 aliphatic rings. The summed E-state index contributed by atoms with van der Waals surface area (Å²) in [6, 6.07) is 10.6. The topological polar surface area (TPSA) is 61.8 Å². The Labute approximate surface area is 119 Å². The van der Waals surface area contributed by atoms with Crippen molar-refractivity contribution in [1.82, 2.24) is 0 Å². The highest BCUT2D eigenvalue weighted by molar-refractivity contribution is 5.77. The quantitative estimate of drug-likeness (QED) is 0.815. The number of anilines is 3. The van der Waals surface area contributed by atoms with Crippen molar-refractivity contribution in [1.29, 1.82) is 5.26 Å². The number of alkyl halides is 3. The molecule has 0 fully saturated rings. The van der Waals surface area contributed by atoms with E-state index in [9.17, 15) is 13.2 Å². The number of nitrogens with one attached hydrogen (secondary N) is 1. The van der Waals surface area contributed by atoms with Crippen LogP contribution in [0.5, 0.6) is 0 Å². The fourth-order valence-corrected chi connectivity index (χ4v) is 1.93. The molecule has 108 valence electrons. The summed E-state index contributed by atoms with van der Waals surface area (Å²) in [5.41, 5.74) is 6.35. The molecule has 2 rings (SSSR count). The van der Waals surface area contributed by atoms with Crippen molar-refractivity contribution >= 4 is 17.1 Å². The summed E-state index contributed by atoms with van der Waals surface area (Å²) in [4.78, 5) is 0. The van der Waals surface area contributed by atoms with Gasteiger partial charge in [0.25, 0.3) is 0 Å². The van der Waals surface area contributed by atoms with Crippen LogP contribution in [0.2, 0.25) is 0 Å².